The van der Waals surface area contributed by atoms with Crippen molar-refractivity contribution in [2.75, 3.05) is 39.3 Å². The zero-order chi connectivity index (χ0) is 13.4. The zero-order valence-corrected chi connectivity index (χ0v) is 11.8. The maximum Gasteiger partial charge on any atom is 0.317 e. The van der Waals surface area contributed by atoms with E-state index in [0.717, 1.165) is 38.3 Å². The number of carboxylic acids is 1. The summed E-state index contributed by atoms with van der Waals surface area (Å²) in [6, 6.07) is 2.30. The molecule has 0 bridgehead atoms. The van der Waals surface area contributed by atoms with Gasteiger partial charge in [-0.05, 0) is 26.2 Å². The average molecular weight is 267 g/mol. The number of carboxylic acid groups (broad SMARTS) is 1. The number of piperazine rings is 1. The van der Waals surface area contributed by atoms with Crippen molar-refractivity contribution in [2.24, 2.45) is 0 Å². The molecule has 2 unspecified atom stereocenters. The second-order valence-corrected chi connectivity index (χ2v) is 6.37. The fourth-order valence-electron chi connectivity index (χ4n) is 3.68. The number of carbonyl (C=O) groups is 1. The van der Waals surface area contributed by atoms with Gasteiger partial charge in [0.05, 0.1) is 6.54 Å². The molecule has 108 valence electrons. The largest absolute Gasteiger partial charge is 0.480 e. The SMILES string of the molecule is CC1CC(N2CCN(CC(=O)O)CC2)CN1C1CC1. The predicted octanol–water partition coefficient (Wildman–Crippen LogP) is 0.314. The lowest BCUT2D eigenvalue weighted by Crippen LogP contribution is -2.52. The Balaban J connectivity index is 1.48. The molecule has 2 saturated heterocycles. The molecule has 1 aliphatic carbocycles. The van der Waals surface area contributed by atoms with Crippen LogP contribution in [0, 0.1) is 0 Å². The molecule has 2 atom stereocenters. The molecular weight excluding hydrogens is 242 g/mol. The predicted molar refractivity (Wildman–Crippen MR) is 73.2 cm³/mol. The standard InChI is InChI=1S/C14H25N3O2/c1-11-8-13(9-17(11)12-2-3-12)16-6-4-15(5-7-16)10-14(18)19/h11-13H,2-10H2,1H3,(H,18,19). The van der Waals surface area contributed by atoms with Gasteiger partial charge < -0.3 is 5.11 Å². The van der Waals surface area contributed by atoms with Crippen LogP contribution in [0.25, 0.3) is 0 Å². The van der Waals surface area contributed by atoms with Crippen molar-refractivity contribution >= 4 is 5.97 Å². The Morgan fingerprint density at radius 1 is 1.16 bits per heavy atom. The van der Waals surface area contributed by atoms with E-state index in [4.69, 9.17) is 5.11 Å². The Morgan fingerprint density at radius 3 is 2.42 bits per heavy atom. The lowest BCUT2D eigenvalue weighted by atomic mass is 10.1. The van der Waals surface area contributed by atoms with E-state index in [1.54, 1.807) is 0 Å². The van der Waals surface area contributed by atoms with Crippen LogP contribution in [0.1, 0.15) is 26.2 Å². The van der Waals surface area contributed by atoms with Crippen LogP contribution in [-0.4, -0.2) is 83.2 Å². The Hall–Kier alpha value is -0.650. The molecule has 0 spiro atoms. The van der Waals surface area contributed by atoms with E-state index in [0.29, 0.717) is 6.04 Å². The molecule has 0 radical (unpaired) electrons. The fraction of sp³-hybridized carbons (Fsp3) is 0.929. The fourth-order valence-corrected chi connectivity index (χ4v) is 3.68. The van der Waals surface area contributed by atoms with Gasteiger partial charge in [0.15, 0.2) is 0 Å². The van der Waals surface area contributed by atoms with Crippen LogP contribution in [-0.2, 0) is 4.79 Å². The highest BCUT2D eigenvalue weighted by Gasteiger charge is 2.40. The first-order valence-electron chi connectivity index (χ1n) is 7.57. The Kier molecular flexibility index (Phi) is 3.78. The van der Waals surface area contributed by atoms with Crippen molar-refractivity contribution < 1.29 is 9.90 Å². The first kappa shape index (κ1) is 13.3. The van der Waals surface area contributed by atoms with Crippen molar-refractivity contribution in [3.05, 3.63) is 0 Å². The minimum absolute atomic E-state index is 0.198. The molecule has 0 amide bonds. The molecule has 0 aromatic carbocycles. The van der Waals surface area contributed by atoms with Gasteiger partial charge in [0, 0.05) is 50.8 Å². The highest BCUT2D eigenvalue weighted by Crippen LogP contribution is 2.34. The van der Waals surface area contributed by atoms with Crippen molar-refractivity contribution in [1.29, 1.82) is 0 Å². The first-order chi connectivity index (χ1) is 9.13. The smallest absolute Gasteiger partial charge is 0.317 e. The van der Waals surface area contributed by atoms with Gasteiger partial charge in [-0.2, -0.15) is 0 Å². The van der Waals surface area contributed by atoms with Crippen LogP contribution in [0.15, 0.2) is 0 Å². The van der Waals surface area contributed by atoms with Crippen LogP contribution in [0.3, 0.4) is 0 Å². The maximum absolute atomic E-state index is 10.7. The van der Waals surface area contributed by atoms with Gasteiger partial charge in [-0.3, -0.25) is 19.5 Å². The summed E-state index contributed by atoms with van der Waals surface area (Å²) >= 11 is 0. The first-order valence-corrected chi connectivity index (χ1v) is 7.57. The summed E-state index contributed by atoms with van der Waals surface area (Å²) < 4.78 is 0. The molecule has 5 nitrogen and oxygen atoms in total. The minimum atomic E-state index is -0.706. The summed E-state index contributed by atoms with van der Waals surface area (Å²) in [5.41, 5.74) is 0. The van der Waals surface area contributed by atoms with E-state index >= 15 is 0 Å². The monoisotopic (exact) mass is 267 g/mol. The summed E-state index contributed by atoms with van der Waals surface area (Å²) in [6.45, 7) is 7.65. The van der Waals surface area contributed by atoms with E-state index in [-0.39, 0.29) is 6.54 Å². The molecule has 0 aromatic heterocycles. The third kappa shape index (κ3) is 3.09. The number of nitrogens with zero attached hydrogens (tertiary/aromatic N) is 3. The van der Waals surface area contributed by atoms with E-state index in [1.807, 2.05) is 0 Å². The summed E-state index contributed by atoms with van der Waals surface area (Å²) in [5, 5.41) is 8.82. The van der Waals surface area contributed by atoms with Crippen molar-refractivity contribution in [2.45, 2.75) is 44.3 Å². The molecule has 19 heavy (non-hydrogen) atoms. The molecule has 1 saturated carbocycles. The second kappa shape index (κ2) is 5.38. The van der Waals surface area contributed by atoms with Crippen LogP contribution < -0.4 is 0 Å². The maximum atomic E-state index is 10.7. The number of hydrogen-bond donors (Lipinski definition) is 1. The molecule has 3 fully saturated rings. The number of rotatable bonds is 4. The van der Waals surface area contributed by atoms with Crippen LogP contribution in [0.4, 0.5) is 0 Å². The number of hydrogen-bond acceptors (Lipinski definition) is 4. The molecule has 1 N–H and O–H groups in total. The van der Waals surface area contributed by atoms with Crippen LogP contribution in [0.5, 0.6) is 0 Å². The number of likely N-dealkylation sites (tertiary alicyclic amines) is 1. The Bertz CT molecular complexity index is 338. The van der Waals surface area contributed by atoms with Crippen LogP contribution >= 0.6 is 0 Å². The van der Waals surface area contributed by atoms with Gasteiger partial charge in [-0.25, -0.2) is 0 Å². The third-order valence-electron chi connectivity index (χ3n) is 4.90. The molecular formula is C14H25N3O2. The highest BCUT2D eigenvalue weighted by molar-refractivity contribution is 5.69. The molecule has 2 heterocycles. The highest BCUT2D eigenvalue weighted by atomic mass is 16.4. The topological polar surface area (TPSA) is 47.0 Å². The number of aliphatic carboxylic acids is 1. The van der Waals surface area contributed by atoms with Gasteiger partial charge in [-0.1, -0.05) is 0 Å². The van der Waals surface area contributed by atoms with Gasteiger partial charge in [0.1, 0.15) is 0 Å². The zero-order valence-electron chi connectivity index (χ0n) is 11.8. The third-order valence-corrected chi connectivity index (χ3v) is 4.90. The molecule has 0 aromatic rings. The molecule has 3 aliphatic rings. The van der Waals surface area contributed by atoms with Crippen molar-refractivity contribution in [1.82, 2.24) is 14.7 Å². The lowest BCUT2D eigenvalue weighted by Gasteiger charge is -2.37. The Labute approximate surface area is 115 Å². The van der Waals surface area contributed by atoms with Gasteiger partial charge in [0.25, 0.3) is 0 Å². The summed E-state index contributed by atoms with van der Waals surface area (Å²) in [5.74, 6) is -0.706. The molecule has 5 heteroatoms. The average Bonchev–Trinajstić information content (AvgIpc) is 3.13. The van der Waals surface area contributed by atoms with E-state index < -0.39 is 5.97 Å². The lowest BCUT2D eigenvalue weighted by molar-refractivity contribution is -0.138. The van der Waals surface area contributed by atoms with Gasteiger partial charge in [0.2, 0.25) is 0 Å². The summed E-state index contributed by atoms with van der Waals surface area (Å²) in [4.78, 5) is 18.0. The van der Waals surface area contributed by atoms with E-state index in [9.17, 15) is 4.79 Å². The van der Waals surface area contributed by atoms with Gasteiger partial charge in [-0.15, -0.1) is 0 Å². The van der Waals surface area contributed by atoms with Gasteiger partial charge >= 0.3 is 5.97 Å². The van der Waals surface area contributed by atoms with Crippen molar-refractivity contribution in [3.8, 4) is 0 Å². The van der Waals surface area contributed by atoms with Crippen molar-refractivity contribution in [3.63, 3.8) is 0 Å². The second-order valence-electron chi connectivity index (χ2n) is 6.37. The molecule has 2 aliphatic heterocycles. The van der Waals surface area contributed by atoms with E-state index in [2.05, 4.69) is 21.6 Å². The summed E-state index contributed by atoms with van der Waals surface area (Å²) in [7, 11) is 0. The van der Waals surface area contributed by atoms with Crippen LogP contribution in [0.2, 0.25) is 0 Å². The van der Waals surface area contributed by atoms with E-state index in [1.165, 1.54) is 25.8 Å². The normalized spacial score (nSPS) is 34.8. The molecule has 3 rings (SSSR count). The Morgan fingerprint density at radius 2 is 1.84 bits per heavy atom. The summed E-state index contributed by atoms with van der Waals surface area (Å²) in [6.07, 6.45) is 4.07. The quantitative estimate of drug-likeness (QED) is 0.794. The minimum Gasteiger partial charge on any atom is -0.480 e.